The van der Waals surface area contributed by atoms with Gasteiger partial charge in [0.05, 0.1) is 12.2 Å². The van der Waals surface area contributed by atoms with Crippen molar-refractivity contribution in [3.05, 3.63) is 24.2 Å². The minimum absolute atomic E-state index is 0.162. The first-order valence-electron chi connectivity index (χ1n) is 6.29. The largest absolute Gasteiger partial charge is 0.463 e. The summed E-state index contributed by atoms with van der Waals surface area (Å²) in [5.41, 5.74) is 6.12. The maximum Gasteiger partial charge on any atom is 0.248 e. The summed E-state index contributed by atoms with van der Waals surface area (Å²) < 4.78 is 5.15. The van der Waals surface area contributed by atoms with Gasteiger partial charge in [-0.05, 0) is 32.4 Å². The molecule has 1 aliphatic rings. The summed E-state index contributed by atoms with van der Waals surface area (Å²) in [5.74, 6) is -0.131. The number of nitrogens with one attached hydrogen (secondary N) is 2. The van der Waals surface area contributed by atoms with Crippen molar-refractivity contribution in [3.8, 4) is 0 Å². The fourth-order valence-corrected chi connectivity index (χ4v) is 1.85. The molecule has 0 bridgehead atoms. The molecule has 0 fully saturated rings. The molecule has 106 valence electrons. The Kier molecular flexibility index (Phi) is 4.29. The van der Waals surface area contributed by atoms with E-state index in [1.165, 1.54) is 6.26 Å². The number of hydrazone groups is 2. The van der Waals surface area contributed by atoms with Gasteiger partial charge >= 0.3 is 0 Å². The van der Waals surface area contributed by atoms with Gasteiger partial charge < -0.3 is 4.42 Å². The first-order valence-corrected chi connectivity index (χ1v) is 6.29. The lowest BCUT2D eigenvalue weighted by molar-refractivity contribution is -0.123. The summed E-state index contributed by atoms with van der Waals surface area (Å²) in [7, 11) is 0. The van der Waals surface area contributed by atoms with Gasteiger partial charge in [0.1, 0.15) is 11.5 Å². The highest BCUT2D eigenvalue weighted by Gasteiger charge is 2.26. The molecule has 0 saturated heterocycles. The summed E-state index contributed by atoms with van der Waals surface area (Å²) in [6, 6.07) is 3.50. The lowest BCUT2D eigenvalue weighted by atomic mass is 9.99. The summed E-state index contributed by atoms with van der Waals surface area (Å²) in [5, 5.41) is 7.77. The van der Waals surface area contributed by atoms with Gasteiger partial charge in [0.15, 0.2) is 0 Å². The van der Waals surface area contributed by atoms with E-state index in [-0.39, 0.29) is 24.2 Å². The molecule has 1 aromatic heterocycles. The number of furan rings is 1. The van der Waals surface area contributed by atoms with Crippen molar-refractivity contribution in [2.45, 2.75) is 26.7 Å². The van der Waals surface area contributed by atoms with Gasteiger partial charge in [-0.2, -0.15) is 10.2 Å². The van der Waals surface area contributed by atoms with Crippen LogP contribution in [0.4, 0.5) is 0 Å². The van der Waals surface area contributed by atoms with Crippen LogP contribution in [-0.2, 0) is 9.59 Å². The lowest BCUT2D eigenvalue weighted by Gasteiger charge is -2.06. The standard InChI is InChI=1S/C13H16N4O3/c1-8-10(13(19)17-14-8)5-6-12(18)16-15-9(2)11-4-3-7-20-11/h3-4,7,10H,5-6H2,1-2H3,(H,16,18)(H,17,19)/b15-9-/t10-/m1/s1. The number of nitrogens with zero attached hydrogens (tertiary/aromatic N) is 2. The summed E-state index contributed by atoms with van der Waals surface area (Å²) in [6.45, 7) is 3.50. The van der Waals surface area contributed by atoms with E-state index in [0.29, 0.717) is 23.6 Å². The number of carbonyl (C=O) groups excluding carboxylic acids is 2. The quantitative estimate of drug-likeness (QED) is 0.620. The molecular weight excluding hydrogens is 260 g/mol. The molecule has 0 saturated carbocycles. The molecule has 2 amide bonds. The molecule has 0 unspecified atom stereocenters. The maximum atomic E-state index is 11.7. The van der Waals surface area contributed by atoms with E-state index < -0.39 is 0 Å². The van der Waals surface area contributed by atoms with E-state index >= 15 is 0 Å². The highest BCUT2D eigenvalue weighted by Crippen LogP contribution is 2.13. The van der Waals surface area contributed by atoms with Gasteiger partial charge in [-0.15, -0.1) is 0 Å². The summed E-state index contributed by atoms with van der Waals surface area (Å²) >= 11 is 0. The van der Waals surface area contributed by atoms with Crippen LogP contribution in [0, 0.1) is 5.92 Å². The van der Waals surface area contributed by atoms with E-state index in [2.05, 4.69) is 21.1 Å². The third kappa shape index (κ3) is 3.31. The zero-order valence-electron chi connectivity index (χ0n) is 11.3. The molecule has 7 heteroatoms. The molecular formula is C13H16N4O3. The SMILES string of the molecule is CC1=NNC(=O)[C@@H]1CCC(=O)N/N=C(/C)c1ccco1. The molecule has 0 aromatic carbocycles. The summed E-state index contributed by atoms with van der Waals surface area (Å²) in [4.78, 5) is 23.1. The highest BCUT2D eigenvalue weighted by molar-refractivity contribution is 6.07. The average molecular weight is 276 g/mol. The van der Waals surface area contributed by atoms with E-state index in [0.717, 1.165) is 0 Å². The van der Waals surface area contributed by atoms with Gasteiger partial charge in [0.25, 0.3) is 0 Å². The molecule has 2 heterocycles. The van der Waals surface area contributed by atoms with E-state index in [4.69, 9.17) is 4.42 Å². The molecule has 1 aromatic rings. The zero-order valence-corrected chi connectivity index (χ0v) is 11.3. The fraction of sp³-hybridized carbons (Fsp3) is 0.385. The molecule has 0 aliphatic carbocycles. The van der Waals surface area contributed by atoms with Crippen molar-refractivity contribution in [1.82, 2.24) is 10.9 Å². The lowest BCUT2D eigenvalue weighted by Crippen LogP contribution is -2.25. The van der Waals surface area contributed by atoms with Crippen LogP contribution in [0.15, 0.2) is 33.0 Å². The second-order valence-electron chi connectivity index (χ2n) is 4.53. The molecule has 1 aliphatic heterocycles. The Morgan fingerprint density at radius 3 is 3.00 bits per heavy atom. The Labute approximate surface area is 116 Å². The second-order valence-corrected chi connectivity index (χ2v) is 4.53. The zero-order chi connectivity index (χ0) is 14.5. The molecule has 2 rings (SSSR count). The predicted octanol–water partition coefficient (Wildman–Crippen LogP) is 1.02. The number of hydrogen-bond donors (Lipinski definition) is 2. The third-order valence-corrected chi connectivity index (χ3v) is 3.05. The summed E-state index contributed by atoms with van der Waals surface area (Å²) in [6.07, 6.45) is 2.17. The first kappa shape index (κ1) is 14.0. The molecule has 7 nitrogen and oxygen atoms in total. The van der Waals surface area contributed by atoms with Crippen LogP contribution in [0.2, 0.25) is 0 Å². The molecule has 1 atom stereocenters. The first-order chi connectivity index (χ1) is 9.58. The number of amides is 2. The minimum atomic E-state index is -0.323. The Morgan fingerprint density at radius 2 is 2.40 bits per heavy atom. The van der Waals surface area contributed by atoms with Crippen LogP contribution in [0.1, 0.15) is 32.4 Å². The van der Waals surface area contributed by atoms with Crippen LogP contribution in [-0.4, -0.2) is 23.2 Å². The number of hydrogen-bond acceptors (Lipinski definition) is 5. The van der Waals surface area contributed by atoms with E-state index in [1.54, 1.807) is 26.0 Å². The Bertz CT molecular complexity index is 560. The van der Waals surface area contributed by atoms with Crippen LogP contribution in [0.5, 0.6) is 0 Å². The van der Waals surface area contributed by atoms with E-state index in [1.807, 2.05) is 0 Å². The van der Waals surface area contributed by atoms with Crippen LogP contribution in [0.3, 0.4) is 0 Å². The normalized spacial score (nSPS) is 18.7. The van der Waals surface area contributed by atoms with Crippen molar-refractivity contribution in [1.29, 1.82) is 0 Å². The van der Waals surface area contributed by atoms with Crippen molar-refractivity contribution in [2.24, 2.45) is 16.1 Å². The van der Waals surface area contributed by atoms with Crippen molar-refractivity contribution in [2.75, 3.05) is 0 Å². The molecule has 2 N–H and O–H groups in total. The molecule has 0 radical (unpaired) electrons. The van der Waals surface area contributed by atoms with Gasteiger partial charge in [-0.25, -0.2) is 10.9 Å². The Hall–Kier alpha value is -2.44. The van der Waals surface area contributed by atoms with Crippen LogP contribution >= 0.6 is 0 Å². The maximum absolute atomic E-state index is 11.7. The average Bonchev–Trinajstić information content (AvgIpc) is 3.05. The number of carbonyl (C=O) groups is 2. The topological polar surface area (TPSA) is 96.1 Å². The Balaban J connectivity index is 1.80. The van der Waals surface area contributed by atoms with Crippen molar-refractivity contribution in [3.63, 3.8) is 0 Å². The van der Waals surface area contributed by atoms with Gasteiger partial charge in [-0.3, -0.25) is 9.59 Å². The second kappa shape index (κ2) is 6.14. The highest BCUT2D eigenvalue weighted by atomic mass is 16.3. The van der Waals surface area contributed by atoms with Gasteiger partial charge in [0, 0.05) is 12.1 Å². The van der Waals surface area contributed by atoms with Gasteiger partial charge in [0.2, 0.25) is 11.8 Å². The van der Waals surface area contributed by atoms with Crippen molar-refractivity contribution < 1.29 is 14.0 Å². The number of rotatable bonds is 5. The molecule has 20 heavy (non-hydrogen) atoms. The smallest absolute Gasteiger partial charge is 0.248 e. The van der Waals surface area contributed by atoms with Crippen LogP contribution < -0.4 is 10.9 Å². The van der Waals surface area contributed by atoms with E-state index in [9.17, 15) is 9.59 Å². The van der Waals surface area contributed by atoms with Crippen molar-refractivity contribution >= 4 is 23.2 Å². The fourth-order valence-electron chi connectivity index (χ4n) is 1.85. The predicted molar refractivity (Wildman–Crippen MR) is 73.0 cm³/mol. The Morgan fingerprint density at radius 1 is 1.60 bits per heavy atom. The third-order valence-electron chi connectivity index (χ3n) is 3.05. The van der Waals surface area contributed by atoms with Gasteiger partial charge in [-0.1, -0.05) is 0 Å². The van der Waals surface area contributed by atoms with Crippen LogP contribution in [0.25, 0.3) is 0 Å². The molecule has 0 spiro atoms. The monoisotopic (exact) mass is 276 g/mol. The minimum Gasteiger partial charge on any atom is -0.463 e.